The summed E-state index contributed by atoms with van der Waals surface area (Å²) >= 11 is -0.182. The fraction of sp³-hybridized carbons (Fsp3) is 0.281. The van der Waals surface area contributed by atoms with Crippen molar-refractivity contribution in [3.8, 4) is 23.0 Å². The molecule has 0 unspecified atom stereocenters. The molecule has 240 valence electrons. The predicted molar refractivity (Wildman–Crippen MR) is 167 cm³/mol. The molecule has 0 amide bonds. The second-order valence-corrected chi connectivity index (χ2v) is 14.2. The Morgan fingerprint density at radius 3 is 2.28 bits per heavy atom. The van der Waals surface area contributed by atoms with Crippen molar-refractivity contribution in [1.29, 1.82) is 0 Å². The first-order chi connectivity index (χ1) is 21.8. The van der Waals surface area contributed by atoms with E-state index in [0.717, 1.165) is 27.9 Å². The molecular weight excluding hydrogens is 640 g/mol. The molecule has 3 aromatic carbocycles. The fourth-order valence-electron chi connectivity index (χ4n) is 5.10. The summed E-state index contributed by atoms with van der Waals surface area (Å²) in [6.45, 7) is 6.59. The first-order valence-electron chi connectivity index (χ1n) is 14.3. The zero-order valence-corrected chi connectivity index (χ0v) is 26.9. The van der Waals surface area contributed by atoms with Crippen LogP contribution in [0.1, 0.15) is 41.8 Å². The van der Waals surface area contributed by atoms with Gasteiger partial charge in [-0.25, -0.2) is 0 Å². The minimum atomic E-state index is -4.36. The molecule has 14 heteroatoms. The summed E-state index contributed by atoms with van der Waals surface area (Å²) < 4.78 is 62.8. The molecule has 0 saturated heterocycles. The maximum absolute atomic E-state index is 12.6. The summed E-state index contributed by atoms with van der Waals surface area (Å²) in [5, 5.41) is 8.65. The molecule has 0 atom stereocenters. The standard InChI is InChI=1S/C32H31F3N4O5PS/c1-21-15-28(30-36-29(38-43-30)24-11-13-27(14-12-24)46-32(33,34)35)37-39(21)18-23-8-6-7-22(16-23)17-31(2,3)44-45(40)41-19-25-9-4-5-10-26(25)20-42-45/h4-16,40H,17-20H2,1-3H3/q+1. The molecule has 1 N–H and O–H groups in total. The van der Waals surface area contributed by atoms with Crippen molar-refractivity contribution in [3.05, 3.63) is 107 Å². The van der Waals surface area contributed by atoms with Gasteiger partial charge in [-0.3, -0.25) is 4.68 Å². The largest absolute Gasteiger partial charge is 0.573 e. The Kier molecular flexibility index (Phi) is 9.08. The lowest BCUT2D eigenvalue weighted by molar-refractivity contribution is -0.0328. The van der Waals surface area contributed by atoms with Crippen LogP contribution in [0, 0.1) is 6.92 Å². The Bertz CT molecular complexity index is 1800. The van der Waals surface area contributed by atoms with Gasteiger partial charge >= 0.3 is 13.7 Å². The summed E-state index contributed by atoms with van der Waals surface area (Å²) in [7, 11) is -3.55. The van der Waals surface area contributed by atoms with Crippen molar-refractivity contribution < 1.29 is 36.2 Å². The average Bonchev–Trinajstić information content (AvgIpc) is 3.58. The van der Waals surface area contributed by atoms with Crippen molar-refractivity contribution in [1.82, 2.24) is 19.9 Å². The Hall–Kier alpha value is -3.58. The van der Waals surface area contributed by atoms with Crippen LogP contribution in [0.2, 0.25) is 0 Å². The highest BCUT2D eigenvalue weighted by Crippen LogP contribution is 2.63. The van der Waals surface area contributed by atoms with Crippen molar-refractivity contribution in [3.63, 3.8) is 0 Å². The van der Waals surface area contributed by atoms with Gasteiger partial charge in [-0.1, -0.05) is 53.7 Å². The highest BCUT2D eigenvalue weighted by atomic mass is 32.2. The maximum atomic E-state index is 12.6. The molecular formula is C32H31F3N4O5PS+. The Labute approximate surface area is 268 Å². The lowest BCUT2D eigenvalue weighted by Gasteiger charge is -2.25. The van der Waals surface area contributed by atoms with E-state index in [4.69, 9.17) is 18.1 Å². The molecule has 0 aliphatic carbocycles. The van der Waals surface area contributed by atoms with E-state index in [-0.39, 0.29) is 41.6 Å². The lowest BCUT2D eigenvalue weighted by atomic mass is 9.97. The third kappa shape index (κ3) is 8.03. The van der Waals surface area contributed by atoms with Gasteiger partial charge in [0.15, 0.2) is 5.69 Å². The highest BCUT2D eigenvalue weighted by Gasteiger charge is 2.51. The number of benzene rings is 3. The molecule has 0 fully saturated rings. The molecule has 1 aliphatic rings. The van der Waals surface area contributed by atoms with Gasteiger partial charge in [0.25, 0.3) is 5.89 Å². The van der Waals surface area contributed by atoms with Gasteiger partial charge in [-0.05, 0) is 85.1 Å². The summed E-state index contributed by atoms with van der Waals surface area (Å²) in [4.78, 5) is 15.6. The fourth-order valence-corrected chi connectivity index (χ4v) is 7.12. The van der Waals surface area contributed by atoms with E-state index >= 15 is 0 Å². The monoisotopic (exact) mass is 671 g/mol. The summed E-state index contributed by atoms with van der Waals surface area (Å²) in [6.07, 6.45) is 0.493. The molecule has 3 heterocycles. The van der Waals surface area contributed by atoms with E-state index in [1.54, 1.807) is 0 Å². The maximum Gasteiger partial charge on any atom is 0.573 e. The van der Waals surface area contributed by atoms with E-state index in [1.807, 2.05) is 74.0 Å². The number of aromatic nitrogens is 4. The first-order valence-corrected chi connectivity index (χ1v) is 16.7. The summed E-state index contributed by atoms with van der Waals surface area (Å²) in [5.41, 5.74) is 0.640. The van der Waals surface area contributed by atoms with E-state index in [9.17, 15) is 18.1 Å². The van der Waals surface area contributed by atoms with Crippen molar-refractivity contribution in [2.75, 3.05) is 0 Å². The molecule has 46 heavy (non-hydrogen) atoms. The molecule has 9 nitrogen and oxygen atoms in total. The van der Waals surface area contributed by atoms with Crippen LogP contribution in [0.5, 0.6) is 0 Å². The summed E-state index contributed by atoms with van der Waals surface area (Å²) in [6, 6.07) is 23.3. The Morgan fingerprint density at radius 2 is 1.61 bits per heavy atom. The minimum absolute atomic E-state index is 0.0716. The number of nitrogens with zero attached hydrogens (tertiary/aromatic N) is 4. The number of hydrogen-bond donors (Lipinski definition) is 1. The van der Waals surface area contributed by atoms with Crippen molar-refractivity contribution in [2.24, 2.45) is 0 Å². The van der Waals surface area contributed by atoms with Crippen LogP contribution < -0.4 is 0 Å². The van der Waals surface area contributed by atoms with Crippen LogP contribution in [0.4, 0.5) is 13.2 Å². The summed E-state index contributed by atoms with van der Waals surface area (Å²) in [5.74, 6) is 0.449. The lowest BCUT2D eigenvalue weighted by Crippen LogP contribution is -2.28. The minimum Gasteiger partial charge on any atom is -0.332 e. The second kappa shape index (κ2) is 12.9. The molecule has 0 spiro atoms. The van der Waals surface area contributed by atoms with Crippen LogP contribution in [0.15, 0.2) is 88.3 Å². The molecule has 2 aromatic heterocycles. The number of alkyl halides is 3. The number of hydrogen-bond acceptors (Lipinski definition) is 9. The van der Waals surface area contributed by atoms with E-state index < -0.39 is 19.3 Å². The predicted octanol–water partition coefficient (Wildman–Crippen LogP) is 8.32. The third-order valence-corrected chi connectivity index (χ3v) is 9.55. The Morgan fingerprint density at radius 1 is 0.935 bits per heavy atom. The van der Waals surface area contributed by atoms with Gasteiger partial charge in [0, 0.05) is 22.6 Å². The zero-order chi connectivity index (χ0) is 32.5. The third-order valence-electron chi connectivity index (χ3n) is 7.17. The topological polar surface area (TPSA) is 105 Å². The number of fused-ring (bicyclic) bond motifs is 1. The normalized spacial score (nSPS) is 15.0. The van der Waals surface area contributed by atoms with E-state index in [1.165, 1.54) is 24.3 Å². The quantitative estimate of drug-likeness (QED) is 0.122. The molecule has 0 saturated carbocycles. The van der Waals surface area contributed by atoms with Crippen LogP contribution >= 0.6 is 19.9 Å². The molecule has 0 bridgehead atoms. The van der Waals surface area contributed by atoms with Crippen LogP contribution in [0.3, 0.4) is 0 Å². The van der Waals surface area contributed by atoms with Gasteiger partial charge in [-0.15, -0.1) is 13.6 Å². The number of halogens is 3. The number of rotatable bonds is 9. The molecule has 0 radical (unpaired) electrons. The van der Waals surface area contributed by atoms with Gasteiger partial charge in [0.2, 0.25) is 5.82 Å². The average molecular weight is 672 g/mol. The van der Waals surface area contributed by atoms with Crippen LogP contribution in [-0.2, 0) is 39.8 Å². The Balaban J connectivity index is 1.10. The van der Waals surface area contributed by atoms with Gasteiger partial charge in [-0.2, -0.15) is 28.1 Å². The van der Waals surface area contributed by atoms with Crippen molar-refractivity contribution >= 4 is 19.9 Å². The highest BCUT2D eigenvalue weighted by molar-refractivity contribution is 8.00. The van der Waals surface area contributed by atoms with Gasteiger partial charge < -0.3 is 4.52 Å². The zero-order valence-electron chi connectivity index (χ0n) is 25.2. The van der Waals surface area contributed by atoms with E-state index in [2.05, 4.69) is 21.3 Å². The van der Waals surface area contributed by atoms with Crippen molar-refractivity contribution in [2.45, 2.75) is 63.0 Å². The van der Waals surface area contributed by atoms with Crippen LogP contribution in [0.25, 0.3) is 23.0 Å². The smallest absolute Gasteiger partial charge is 0.332 e. The number of aryl methyl sites for hydroxylation is 1. The molecule has 1 aliphatic heterocycles. The number of thioether (sulfide) groups is 1. The van der Waals surface area contributed by atoms with E-state index in [0.29, 0.717) is 24.2 Å². The van der Waals surface area contributed by atoms with Gasteiger partial charge in [0.05, 0.1) is 6.54 Å². The molecule has 5 aromatic rings. The van der Waals surface area contributed by atoms with Crippen LogP contribution in [-0.4, -0.2) is 35.9 Å². The molecule has 6 rings (SSSR count). The first kappa shape index (κ1) is 32.4. The van der Waals surface area contributed by atoms with Gasteiger partial charge in [0.1, 0.15) is 18.8 Å². The SMILES string of the molecule is Cc1cc(-c2nc(-c3ccc(SC(F)(F)F)cc3)no2)nn1Cc1cccc(CC(C)(C)O[P+]2(O)OCc3ccccc3CO2)c1. The second-order valence-electron chi connectivity index (χ2n) is 11.5.